The Bertz CT molecular complexity index is 1060. The minimum Gasteiger partial charge on any atom is -0.318 e. The van der Waals surface area contributed by atoms with E-state index < -0.39 is 11.8 Å². The average Bonchev–Trinajstić information content (AvgIpc) is 3.28. The molecule has 1 aliphatic rings. The molecule has 7 nitrogen and oxygen atoms in total. The maximum atomic E-state index is 12.3. The van der Waals surface area contributed by atoms with Crippen LogP contribution in [-0.2, 0) is 14.4 Å². The Kier molecular flexibility index (Phi) is 4.79. The lowest BCUT2D eigenvalue weighted by Gasteiger charge is -2.19. The Balaban J connectivity index is 1.46. The lowest BCUT2D eigenvalue weighted by Crippen LogP contribution is -2.29. The third-order valence-electron chi connectivity index (χ3n) is 4.55. The molecule has 2 aromatic carbocycles. The number of nitrogens with zero attached hydrogens (tertiary/aromatic N) is 2. The monoisotopic (exact) mass is 394 g/mol. The summed E-state index contributed by atoms with van der Waals surface area (Å²) in [7, 11) is 0. The molecule has 28 heavy (non-hydrogen) atoms. The van der Waals surface area contributed by atoms with E-state index in [0.717, 1.165) is 27.9 Å². The Hall–Kier alpha value is -3.26. The zero-order valence-electron chi connectivity index (χ0n) is 15.2. The van der Waals surface area contributed by atoms with E-state index in [1.54, 1.807) is 17.0 Å². The van der Waals surface area contributed by atoms with Crippen LogP contribution in [0.25, 0.3) is 10.2 Å². The van der Waals surface area contributed by atoms with Crippen LogP contribution in [-0.4, -0.2) is 29.3 Å². The summed E-state index contributed by atoms with van der Waals surface area (Å²) in [5, 5.41) is 5.49. The van der Waals surface area contributed by atoms with Crippen LogP contribution in [0.15, 0.2) is 42.5 Å². The molecule has 3 aromatic rings. The maximum absolute atomic E-state index is 12.3. The number of rotatable bonds is 3. The molecular formula is C20H18N4O3S. The van der Waals surface area contributed by atoms with Gasteiger partial charge >= 0.3 is 11.8 Å². The maximum Gasteiger partial charge on any atom is 0.315 e. The fraction of sp³-hybridized carbons (Fsp3) is 0.200. The summed E-state index contributed by atoms with van der Waals surface area (Å²) >= 11 is 1.30. The molecule has 3 amide bonds. The number of nitrogens with one attached hydrogen (secondary N) is 2. The van der Waals surface area contributed by atoms with Crippen LogP contribution in [0, 0.1) is 6.92 Å². The van der Waals surface area contributed by atoms with Gasteiger partial charge in [-0.3, -0.25) is 19.7 Å². The van der Waals surface area contributed by atoms with Crippen LogP contribution in [0.5, 0.6) is 0 Å². The van der Waals surface area contributed by atoms with Crippen molar-refractivity contribution in [1.82, 2.24) is 4.98 Å². The summed E-state index contributed by atoms with van der Waals surface area (Å²) in [6.07, 6.45) is 1.35. The molecule has 142 valence electrons. The van der Waals surface area contributed by atoms with E-state index in [2.05, 4.69) is 15.6 Å². The van der Waals surface area contributed by atoms with Gasteiger partial charge < -0.3 is 10.2 Å². The molecule has 1 saturated heterocycles. The molecule has 8 heteroatoms. The number of aromatic nitrogens is 1. The summed E-state index contributed by atoms with van der Waals surface area (Å²) in [6, 6.07) is 12.7. The molecular weight excluding hydrogens is 376 g/mol. The average molecular weight is 394 g/mol. The quantitative estimate of drug-likeness (QED) is 0.667. The molecule has 0 spiro atoms. The second-order valence-corrected chi connectivity index (χ2v) is 7.58. The third kappa shape index (κ3) is 3.59. The normalized spacial score (nSPS) is 13.8. The minimum absolute atomic E-state index is 0.0696. The van der Waals surface area contributed by atoms with Gasteiger partial charge in [-0.25, -0.2) is 4.98 Å². The first-order chi connectivity index (χ1) is 13.5. The zero-order valence-corrected chi connectivity index (χ0v) is 16.0. The van der Waals surface area contributed by atoms with Gasteiger partial charge in [0.15, 0.2) is 5.13 Å². The SMILES string of the molecule is Cc1ccc(NC(=O)C(=O)Nc2nc3ccccc3s2)cc1N1CCCC1=O. The fourth-order valence-electron chi connectivity index (χ4n) is 3.15. The number of amides is 3. The third-order valence-corrected chi connectivity index (χ3v) is 5.50. The Labute approximate surface area is 165 Å². The molecule has 0 aliphatic carbocycles. The van der Waals surface area contributed by atoms with Gasteiger partial charge in [-0.1, -0.05) is 29.5 Å². The number of hydrogen-bond donors (Lipinski definition) is 2. The second-order valence-electron chi connectivity index (χ2n) is 6.55. The lowest BCUT2D eigenvalue weighted by atomic mass is 10.1. The summed E-state index contributed by atoms with van der Waals surface area (Å²) in [5.41, 5.74) is 2.92. The van der Waals surface area contributed by atoms with Gasteiger partial charge in [-0.15, -0.1) is 0 Å². The number of carbonyl (C=O) groups is 3. The van der Waals surface area contributed by atoms with Gasteiger partial charge in [0.1, 0.15) is 0 Å². The lowest BCUT2D eigenvalue weighted by molar-refractivity contribution is -0.132. The summed E-state index contributed by atoms with van der Waals surface area (Å²) < 4.78 is 0.927. The first kappa shape index (κ1) is 18.1. The van der Waals surface area contributed by atoms with E-state index in [-0.39, 0.29) is 5.91 Å². The molecule has 0 unspecified atom stereocenters. The van der Waals surface area contributed by atoms with E-state index in [4.69, 9.17) is 0 Å². The van der Waals surface area contributed by atoms with Gasteiger partial charge in [0.05, 0.1) is 10.2 Å². The summed E-state index contributed by atoms with van der Waals surface area (Å²) in [6.45, 7) is 2.57. The highest BCUT2D eigenvalue weighted by Gasteiger charge is 2.24. The number of benzene rings is 2. The van der Waals surface area contributed by atoms with Crippen molar-refractivity contribution in [3.8, 4) is 0 Å². The van der Waals surface area contributed by atoms with Gasteiger partial charge in [0, 0.05) is 24.3 Å². The molecule has 1 aromatic heterocycles. The van der Waals surface area contributed by atoms with Crippen LogP contribution < -0.4 is 15.5 Å². The van der Waals surface area contributed by atoms with Gasteiger partial charge in [0.2, 0.25) is 5.91 Å². The minimum atomic E-state index is -0.793. The van der Waals surface area contributed by atoms with Crippen molar-refractivity contribution < 1.29 is 14.4 Å². The number of anilines is 3. The number of carbonyl (C=O) groups excluding carboxylic acids is 3. The van der Waals surface area contributed by atoms with Gasteiger partial charge in [-0.2, -0.15) is 0 Å². The molecule has 0 radical (unpaired) electrons. The van der Waals surface area contributed by atoms with E-state index in [9.17, 15) is 14.4 Å². The smallest absolute Gasteiger partial charge is 0.315 e. The Morgan fingerprint density at radius 2 is 1.89 bits per heavy atom. The molecule has 2 heterocycles. The highest BCUT2D eigenvalue weighted by Crippen LogP contribution is 2.28. The fourth-order valence-corrected chi connectivity index (χ4v) is 4.01. The standard InChI is InChI=1S/C20H18N4O3S/c1-12-8-9-13(11-15(12)24-10-4-7-17(24)25)21-18(26)19(27)23-20-22-14-5-2-3-6-16(14)28-20/h2-3,5-6,8-9,11H,4,7,10H2,1H3,(H,21,26)(H,22,23,27). The van der Waals surface area contributed by atoms with Crippen LogP contribution in [0.4, 0.5) is 16.5 Å². The van der Waals surface area contributed by atoms with Crippen molar-refractivity contribution in [2.24, 2.45) is 0 Å². The molecule has 0 atom stereocenters. The van der Waals surface area contributed by atoms with E-state index in [1.165, 1.54) is 11.3 Å². The van der Waals surface area contributed by atoms with E-state index in [0.29, 0.717) is 23.8 Å². The van der Waals surface area contributed by atoms with E-state index >= 15 is 0 Å². The molecule has 2 N–H and O–H groups in total. The molecule has 1 aliphatic heterocycles. The summed E-state index contributed by atoms with van der Waals surface area (Å²) in [5.74, 6) is -1.51. The summed E-state index contributed by atoms with van der Waals surface area (Å²) in [4.78, 5) is 42.5. The molecule has 1 fully saturated rings. The second kappa shape index (κ2) is 7.40. The topological polar surface area (TPSA) is 91.4 Å². The number of fused-ring (bicyclic) bond motifs is 1. The van der Waals surface area contributed by atoms with Crippen molar-refractivity contribution in [2.75, 3.05) is 22.1 Å². The van der Waals surface area contributed by atoms with Gasteiger partial charge in [-0.05, 0) is 43.2 Å². The van der Waals surface area contributed by atoms with Crippen molar-refractivity contribution in [3.05, 3.63) is 48.0 Å². The van der Waals surface area contributed by atoms with Crippen molar-refractivity contribution in [1.29, 1.82) is 0 Å². The number of aryl methyl sites for hydroxylation is 1. The zero-order chi connectivity index (χ0) is 19.7. The van der Waals surface area contributed by atoms with Crippen molar-refractivity contribution in [2.45, 2.75) is 19.8 Å². The van der Waals surface area contributed by atoms with Crippen molar-refractivity contribution in [3.63, 3.8) is 0 Å². The van der Waals surface area contributed by atoms with Crippen LogP contribution >= 0.6 is 11.3 Å². The predicted molar refractivity (Wildman–Crippen MR) is 110 cm³/mol. The van der Waals surface area contributed by atoms with Crippen LogP contribution in [0.1, 0.15) is 18.4 Å². The molecule has 0 bridgehead atoms. The predicted octanol–water partition coefficient (Wildman–Crippen LogP) is 3.31. The Morgan fingerprint density at radius 1 is 1.11 bits per heavy atom. The first-order valence-electron chi connectivity index (χ1n) is 8.90. The van der Waals surface area contributed by atoms with Crippen LogP contribution in [0.2, 0.25) is 0 Å². The number of thiazole rings is 1. The van der Waals surface area contributed by atoms with E-state index in [1.807, 2.05) is 37.3 Å². The van der Waals surface area contributed by atoms with Gasteiger partial charge in [0.25, 0.3) is 0 Å². The molecule has 0 saturated carbocycles. The highest BCUT2D eigenvalue weighted by atomic mass is 32.1. The highest BCUT2D eigenvalue weighted by molar-refractivity contribution is 7.22. The largest absolute Gasteiger partial charge is 0.318 e. The van der Waals surface area contributed by atoms with Crippen LogP contribution in [0.3, 0.4) is 0 Å². The Morgan fingerprint density at radius 3 is 2.64 bits per heavy atom. The first-order valence-corrected chi connectivity index (χ1v) is 9.72. The molecule has 4 rings (SSSR count). The van der Waals surface area contributed by atoms with Crippen molar-refractivity contribution >= 4 is 55.8 Å². The number of para-hydroxylation sites is 1. The number of hydrogen-bond acceptors (Lipinski definition) is 5.